The molecule has 0 saturated heterocycles. The van der Waals surface area contributed by atoms with Gasteiger partial charge in [-0.05, 0) is 49.9 Å². The highest BCUT2D eigenvalue weighted by Crippen LogP contribution is 2.22. The van der Waals surface area contributed by atoms with Gasteiger partial charge in [0.25, 0.3) is 0 Å². The molecule has 158 valence electrons. The van der Waals surface area contributed by atoms with Crippen LogP contribution < -0.4 is 15.1 Å². The molecule has 3 rings (SSSR count). The molecular formula is C24H32N6. The van der Waals surface area contributed by atoms with Crippen LogP contribution >= 0.6 is 0 Å². The summed E-state index contributed by atoms with van der Waals surface area (Å²) in [6, 6.07) is 12.5. The highest BCUT2D eigenvalue weighted by atomic mass is 15.3. The van der Waals surface area contributed by atoms with Crippen molar-refractivity contribution in [3.05, 3.63) is 72.1 Å². The molecule has 3 aromatic rings. The molecular weight excluding hydrogens is 372 g/mol. The summed E-state index contributed by atoms with van der Waals surface area (Å²) in [7, 11) is 6.02. The first-order valence-electron chi connectivity index (χ1n) is 10.3. The summed E-state index contributed by atoms with van der Waals surface area (Å²) in [5.74, 6) is 2.36. The smallest absolute Gasteiger partial charge is 0.229 e. The first kappa shape index (κ1) is 21.4. The summed E-state index contributed by atoms with van der Waals surface area (Å²) in [5.41, 5.74) is 4.79. The van der Waals surface area contributed by atoms with Crippen molar-refractivity contribution in [3.8, 4) is 0 Å². The van der Waals surface area contributed by atoms with E-state index in [1.807, 2.05) is 38.2 Å². The number of hydrogen-bond donors (Lipinski definition) is 2. The third-order valence-electron chi connectivity index (χ3n) is 4.98. The molecule has 2 N–H and O–H groups in total. The van der Waals surface area contributed by atoms with E-state index in [0.717, 1.165) is 43.1 Å². The molecule has 0 radical (unpaired) electrons. The molecule has 6 nitrogen and oxygen atoms in total. The highest BCUT2D eigenvalue weighted by molar-refractivity contribution is 5.62. The van der Waals surface area contributed by atoms with Gasteiger partial charge in [-0.15, -0.1) is 6.58 Å². The van der Waals surface area contributed by atoms with E-state index in [1.165, 1.54) is 16.8 Å². The Bertz CT molecular complexity index is 958. The molecule has 30 heavy (non-hydrogen) atoms. The van der Waals surface area contributed by atoms with Gasteiger partial charge in [-0.3, -0.25) is 0 Å². The van der Waals surface area contributed by atoms with Gasteiger partial charge in [-0.25, -0.2) is 0 Å². The van der Waals surface area contributed by atoms with Crippen molar-refractivity contribution in [1.82, 2.24) is 15.0 Å². The Kier molecular flexibility index (Phi) is 7.12. The fraction of sp³-hybridized carbons (Fsp3) is 0.333. The molecule has 0 atom stereocenters. The standard InChI is InChI=1S/C24H32N6/c1-6-7-8-21-15-19(17-25-21)13-14-30(5)24-27-22(16-23(28-24)29(3)4)26-20-11-9-18(2)10-12-20/h6,9-12,15-17,25H,1,7-8,13-14H2,2-5H3,(H,26,27,28). The van der Waals surface area contributed by atoms with Crippen molar-refractivity contribution in [2.75, 3.05) is 42.8 Å². The quantitative estimate of drug-likeness (QED) is 0.479. The van der Waals surface area contributed by atoms with E-state index in [-0.39, 0.29) is 0 Å². The minimum atomic E-state index is 0.707. The normalized spacial score (nSPS) is 10.7. The van der Waals surface area contributed by atoms with Gasteiger partial charge in [-0.1, -0.05) is 23.8 Å². The average molecular weight is 405 g/mol. The van der Waals surface area contributed by atoms with E-state index in [0.29, 0.717) is 5.95 Å². The second kappa shape index (κ2) is 9.96. The summed E-state index contributed by atoms with van der Waals surface area (Å²) in [4.78, 5) is 16.9. The SMILES string of the molecule is C=CCCc1cc(CCN(C)c2nc(Nc3ccc(C)cc3)cc(N(C)C)n2)c[nH]1. The monoisotopic (exact) mass is 404 g/mol. The zero-order valence-corrected chi connectivity index (χ0v) is 18.4. The second-order valence-corrected chi connectivity index (χ2v) is 7.83. The van der Waals surface area contributed by atoms with Crippen LogP contribution in [0.15, 0.2) is 55.3 Å². The average Bonchev–Trinajstić information content (AvgIpc) is 3.19. The van der Waals surface area contributed by atoms with Gasteiger partial charge in [0.2, 0.25) is 5.95 Å². The van der Waals surface area contributed by atoms with Crippen LogP contribution in [0.4, 0.5) is 23.3 Å². The fourth-order valence-corrected chi connectivity index (χ4v) is 3.11. The lowest BCUT2D eigenvalue weighted by molar-refractivity contribution is 0.836. The van der Waals surface area contributed by atoms with Gasteiger partial charge in [0.1, 0.15) is 11.6 Å². The second-order valence-electron chi connectivity index (χ2n) is 7.83. The van der Waals surface area contributed by atoms with Gasteiger partial charge in [0.05, 0.1) is 0 Å². The number of hydrogen-bond acceptors (Lipinski definition) is 5. The van der Waals surface area contributed by atoms with Gasteiger partial charge in [0, 0.05) is 51.3 Å². The van der Waals surface area contributed by atoms with Crippen LogP contribution in [0.2, 0.25) is 0 Å². The minimum Gasteiger partial charge on any atom is -0.365 e. The van der Waals surface area contributed by atoms with Crippen LogP contribution in [0.3, 0.4) is 0 Å². The Morgan fingerprint density at radius 2 is 1.83 bits per heavy atom. The van der Waals surface area contributed by atoms with E-state index in [2.05, 4.69) is 65.2 Å². The lowest BCUT2D eigenvalue weighted by Crippen LogP contribution is -2.24. The number of rotatable bonds is 10. The third-order valence-corrected chi connectivity index (χ3v) is 4.98. The Morgan fingerprint density at radius 3 is 2.53 bits per heavy atom. The summed E-state index contributed by atoms with van der Waals surface area (Å²) in [6.45, 7) is 6.70. The molecule has 0 saturated carbocycles. The molecule has 2 aromatic heterocycles. The number of benzene rings is 1. The maximum absolute atomic E-state index is 4.75. The van der Waals surface area contributed by atoms with Crippen molar-refractivity contribution in [3.63, 3.8) is 0 Å². The summed E-state index contributed by atoms with van der Waals surface area (Å²) < 4.78 is 0. The number of nitrogens with one attached hydrogen (secondary N) is 2. The van der Waals surface area contributed by atoms with E-state index in [4.69, 9.17) is 9.97 Å². The van der Waals surface area contributed by atoms with E-state index < -0.39 is 0 Å². The van der Waals surface area contributed by atoms with Crippen molar-refractivity contribution in [2.24, 2.45) is 0 Å². The number of aryl methyl sites for hydroxylation is 2. The maximum Gasteiger partial charge on any atom is 0.229 e. The summed E-state index contributed by atoms with van der Waals surface area (Å²) in [5, 5.41) is 3.40. The van der Waals surface area contributed by atoms with Crippen molar-refractivity contribution in [2.45, 2.75) is 26.2 Å². The molecule has 6 heteroatoms. The first-order chi connectivity index (χ1) is 14.4. The molecule has 0 amide bonds. The predicted octanol–water partition coefficient (Wildman–Crippen LogP) is 4.72. The van der Waals surface area contributed by atoms with Crippen LogP contribution in [0, 0.1) is 6.92 Å². The number of anilines is 4. The van der Waals surface area contributed by atoms with Gasteiger partial charge < -0.3 is 20.1 Å². The molecule has 0 bridgehead atoms. The number of likely N-dealkylation sites (N-methyl/N-ethyl adjacent to an activating group) is 1. The maximum atomic E-state index is 4.75. The van der Waals surface area contributed by atoms with Crippen LogP contribution in [-0.4, -0.2) is 42.6 Å². The van der Waals surface area contributed by atoms with Gasteiger partial charge in [-0.2, -0.15) is 9.97 Å². The zero-order valence-electron chi connectivity index (χ0n) is 18.4. The lowest BCUT2D eigenvalue weighted by atomic mass is 10.2. The number of nitrogens with zero attached hydrogens (tertiary/aromatic N) is 4. The molecule has 0 unspecified atom stereocenters. The molecule has 2 heterocycles. The fourth-order valence-electron chi connectivity index (χ4n) is 3.11. The van der Waals surface area contributed by atoms with Crippen LogP contribution in [-0.2, 0) is 12.8 Å². The lowest BCUT2D eigenvalue weighted by Gasteiger charge is -2.21. The zero-order chi connectivity index (χ0) is 21.5. The Hall–Kier alpha value is -3.28. The van der Waals surface area contributed by atoms with E-state index >= 15 is 0 Å². The van der Waals surface area contributed by atoms with E-state index in [1.54, 1.807) is 0 Å². The Labute approximate surface area is 179 Å². The van der Waals surface area contributed by atoms with Crippen LogP contribution in [0.1, 0.15) is 23.2 Å². The summed E-state index contributed by atoms with van der Waals surface area (Å²) >= 11 is 0. The van der Waals surface area contributed by atoms with Crippen molar-refractivity contribution in [1.29, 1.82) is 0 Å². The Balaban J connectivity index is 1.71. The van der Waals surface area contributed by atoms with Crippen molar-refractivity contribution >= 4 is 23.3 Å². The Morgan fingerprint density at radius 1 is 1.07 bits per heavy atom. The van der Waals surface area contributed by atoms with Gasteiger partial charge >= 0.3 is 0 Å². The summed E-state index contributed by atoms with van der Waals surface area (Å²) in [6.07, 6.45) is 6.96. The topological polar surface area (TPSA) is 60.1 Å². The molecule has 0 aliphatic heterocycles. The third kappa shape index (κ3) is 5.86. The van der Waals surface area contributed by atoms with E-state index in [9.17, 15) is 0 Å². The van der Waals surface area contributed by atoms with Crippen LogP contribution in [0.25, 0.3) is 0 Å². The molecule has 0 fully saturated rings. The number of H-pyrrole nitrogens is 1. The highest BCUT2D eigenvalue weighted by Gasteiger charge is 2.11. The van der Waals surface area contributed by atoms with Crippen molar-refractivity contribution < 1.29 is 0 Å². The molecule has 1 aromatic carbocycles. The number of aromatic nitrogens is 3. The molecule has 0 spiro atoms. The van der Waals surface area contributed by atoms with Crippen LogP contribution in [0.5, 0.6) is 0 Å². The minimum absolute atomic E-state index is 0.707. The predicted molar refractivity (Wildman–Crippen MR) is 127 cm³/mol. The largest absolute Gasteiger partial charge is 0.365 e. The molecule has 0 aliphatic rings. The number of allylic oxidation sites excluding steroid dienone is 1. The first-order valence-corrected chi connectivity index (χ1v) is 10.3. The van der Waals surface area contributed by atoms with Gasteiger partial charge in [0.15, 0.2) is 0 Å². The molecule has 0 aliphatic carbocycles. The number of aromatic amines is 1.